The molecule has 6 heterocycles. The molecule has 4 aromatic rings. The van der Waals surface area contributed by atoms with Crippen molar-refractivity contribution in [2.24, 2.45) is 11.8 Å². The molecule has 15 heteroatoms. The number of β-amino-alcohol motifs (C(OH)–C–C–N with tert-alkyl or cyclic N) is 1. The summed E-state index contributed by atoms with van der Waals surface area (Å²) in [6.07, 6.45) is 7.54. The van der Waals surface area contributed by atoms with Crippen molar-refractivity contribution in [2.75, 3.05) is 82.0 Å². The summed E-state index contributed by atoms with van der Waals surface area (Å²) in [4.78, 5) is 66.0. The van der Waals surface area contributed by atoms with Gasteiger partial charge < -0.3 is 55.2 Å². The number of amides is 2. The highest BCUT2D eigenvalue weighted by atomic mass is 16.5. The average Bonchev–Trinajstić information content (AvgIpc) is 3.46. The average molecular weight is 1120 g/mol. The summed E-state index contributed by atoms with van der Waals surface area (Å²) in [6.45, 7) is 31.8. The quantitative estimate of drug-likeness (QED) is 0.0589. The molecule has 1 atom stereocenters. The van der Waals surface area contributed by atoms with Gasteiger partial charge in [0, 0.05) is 139 Å². The Morgan fingerprint density at radius 3 is 1.40 bits per heavy atom. The number of benzene rings is 2. The molecule has 0 unspecified atom stereocenters. The van der Waals surface area contributed by atoms with Crippen LogP contribution < -0.4 is 36.9 Å². The smallest absolute Gasteiger partial charge is 0.253 e. The highest BCUT2D eigenvalue weighted by Crippen LogP contribution is 2.33. The van der Waals surface area contributed by atoms with Crippen molar-refractivity contribution in [3.05, 3.63) is 124 Å². The van der Waals surface area contributed by atoms with Crippen LogP contribution in [-0.4, -0.2) is 122 Å². The van der Waals surface area contributed by atoms with E-state index in [1.54, 1.807) is 0 Å². The molecule has 8 rings (SSSR count). The topological polar surface area (TPSA) is 184 Å². The molecule has 4 aliphatic heterocycles. The van der Waals surface area contributed by atoms with Crippen molar-refractivity contribution in [3.8, 4) is 23.7 Å². The van der Waals surface area contributed by atoms with E-state index in [0.717, 1.165) is 173 Å². The van der Waals surface area contributed by atoms with Gasteiger partial charge in [0.05, 0.1) is 6.10 Å². The van der Waals surface area contributed by atoms with E-state index in [1.165, 1.54) is 0 Å². The molecule has 6 N–H and O–H groups in total. The zero-order valence-electron chi connectivity index (χ0n) is 51.1. The lowest BCUT2D eigenvalue weighted by molar-refractivity contribution is 0.0845. The van der Waals surface area contributed by atoms with Crippen LogP contribution in [0.25, 0.3) is 0 Å². The number of aromatic nitrogens is 2. The summed E-state index contributed by atoms with van der Waals surface area (Å²) in [5.74, 6) is 14.4. The maximum atomic E-state index is 13.8. The minimum absolute atomic E-state index is 0.144. The first-order valence-corrected chi connectivity index (χ1v) is 30.5. The van der Waals surface area contributed by atoms with Gasteiger partial charge in [-0.15, -0.1) is 0 Å². The number of nitrogens with zero attached hydrogens (tertiary/aromatic N) is 3. The fourth-order valence-corrected chi connectivity index (χ4v) is 12.2. The molecule has 4 saturated heterocycles. The van der Waals surface area contributed by atoms with Gasteiger partial charge >= 0.3 is 0 Å². The van der Waals surface area contributed by atoms with Crippen LogP contribution in [0.2, 0.25) is 0 Å². The van der Waals surface area contributed by atoms with Crippen LogP contribution in [0.5, 0.6) is 0 Å². The molecule has 0 bridgehead atoms. The molecular weight excluding hydrogens is 1030 g/mol. The van der Waals surface area contributed by atoms with Crippen molar-refractivity contribution in [3.63, 3.8) is 0 Å². The summed E-state index contributed by atoms with van der Waals surface area (Å²) in [5.41, 5.74) is 11.3. The number of nitrogens with one attached hydrogen (secondary N) is 5. The van der Waals surface area contributed by atoms with Gasteiger partial charge in [-0.05, 0) is 196 Å². The Morgan fingerprint density at radius 2 is 1.02 bits per heavy atom. The molecule has 82 heavy (non-hydrogen) atoms. The fourth-order valence-electron chi connectivity index (χ4n) is 12.2. The maximum absolute atomic E-state index is 13.8. The van der Waals surface area contributed by atoms with Crippen molar-refractivity contribution in [1.82, 2.24) is 30.8 Å². The number of H-pyrrole nitrogens is 2. The molecule has 0 spiro atoms. The first kappa shape index (κ1) is 63.4. The molecule has 0 radical (unpaired) electrons. The van der Waals surface area contributed by atoms with Crippen LogP contribution in [-0.2, 0) is 22.6 Å². The molecule has 2 amide bonds. The van der Waals surface area contributed by atoms with Crippen LogP contribution in [0.4, 0.5) is 11.4 Å². The highest BCUT2D eigenvalue weighted by molar-refractivity contribution is 5.98. The van der Waals surface area contributed by atoms with Gasteiger partial charge in [0.2, 0.25) is 0 Å². The second-order valence-corrected chi connectivity index (χ2v) is 23.7. The van der Waals surface area contributed by atoms with E-state index in [9.17, 15) is 24.3 Å². The number of carbonyl (C=O) groups is 2. The zero-order valence-corrected chi connectivity index (χ0v) is 51.1. The summed E-state index contributed by atoms with van der Waals surface area (Å²) in [6, 6.07) is 12.8. The first-order valence-electron chi connectivity index (χ1n) is 30.5. The third-order valence-corrected chi connectivity index (χ3v) is 16.8. The number of hydrogen-bond acceptors (Lipinski definition) is 11. The largest absolute Gasteiger partial charge is 0.392 e. The number of carbonyl (C=O) groups excluding carboxylic acids is 2. The second kappa shape index (κ2) is 30.4. The zero-order chi connectivity index (χ0) is 59.0. The van der Waals surface area contributed by atoms with Crippen LogP contribution in [0, 0.1) is 63.2 Å². The molecule has 0 saturated carbocycles. The molecule has 2 aromatic carbocycles. The number of pyridine rings is 2. The second-order valence-electron chi connectivity index (χ2n) is 23.7. The van der Waals surface area contributed by atoms with E-state index < -0.39 is 0 Å². The Hall–Kier alpha value is -6.20. The number of rotatable bonds is 16. The number of aromatic amines is 2. The Kier molecular flexibility index (Phi) is 23.5. The van der Waals surface area contributed by atoms with E-state index in [-0.39, 0.29) is 59.9 Å². The van der Waals surface area contributed by atoms with E-state index in [1.807, 2.05) is 58.9 Å². The molecular formula is C67H94N8O7. The van der Waals surface area contributed by atoms with Gasteiger partial charge in [0.15, 0.2) is 0 Å². The number of aryl methyl sites for hydroxylation is 2. The van der Waals surface area contributed by atoms with Crippen molar-refractivity contribution in [2.45, 2.75) is 171 Å². The van der Waals surface area contributed by atoms with Gasteiger partial charge in [-0.1, -0.05) is 51.4 Å². The van der Waals surface area contributed by atoms with Gasteiger partial charge in [-0.3, -0.25) is 19.2 Å². The minimum Gasteiger partial charge on any atom is -0.392 e. The van der Waals surface area contributed by atoms with Gasteiger partial charge in [-0.25, -0.2) is 0 Å². The summed E-state index contributed by atoms with van der Waals surface area (Å²) in [7, 11) is 0. The van der Waals surface area contributed by atoms with Gasteiger partial charge in [0.25, 0.3) is 22.9 Å². The molecule has 4 aliphatic rings. The fraction of sp³-hybridized carbons (Fsp3) is 0.582. The summed E-state index contributed by atoms with van der Waals surface area (Å²) < 4.78 is 11.3. The predicted molar refractivity (Wildman–Crippen MR) is 330 cm³/mol. The van der Waals surface area contributed by atoms with Crippen LogP contribution in [0.3, 0.4) is 0 Å². The standard InChI is InChI=1S/C35H50N4O4.C32H44N4O3/c1-7-39(29-12-16-43-17-13-29)33-20-28(9-8-27-10-14-38(15-11-27)22-25(5)40)19-31(26(33)6)34(41)36-21-32-30(23(2)3)18-24(4)37-35(32)42;1-6-36(26-11-15-39-16-12-26)30-19-25(8-7-24-9-13-33-14-10-24)18-28(23(30)5)31(37)34-20-29-27(21(2)3)17-22(4)35-32(29)38/h18-20,23,25,27,29,40H,7,10-17,21-22H2,1-6H3,(H,36,41)(H,37,42);17-19,21,24,26,33H,6,9-16,20H2,1-5H3,(H,34,37)(H,35,38)/t25-;/m1./s1. The molecule has 4 fully saturated rings. The van der Waals surface area contributed by atoms with E-state index >= 15 is 0 Å². The number of aliphatic hydroxyl groups is 1. The molecule has 15 nitrogen and oxygen atoms in total. The lowest BCUT2D eigenvalue weighted by Gasteiger charge is -2.36. The van der Waals surface area contributed by atoms with Gasteiger partial charge in [0.1, 0.15) is 0 Å². The van der Waals surface area contributed by atoms with Crippen molar-refractivity contribution < 1.29 is 24.2 Å². The number of aliphatic hydroxyl groups excluding tert-OH is 1. The molecule has 2 aromatic heterocycles. The van der Waals surface area contributed by atoms with Crippen molar-refractivity contribution in [1.29, 1.82) is 0 Å². The van der Waals surface area contributed by atoms with E-state index in [4.69, 9.17) is 9.47 Å². The Labute approximate surface area is 488 Å². The summed E-state index contributed by atoms with van der Waals surface area (Å²) >= 11 is 0. The summed E-state index contributed by atoms with van der Waals surface area (Å²) in [5, 5.41) is 19.2. The predicted octanol–water partition coefficient (Wildman–Crippen LogP) is 8.90. The first-order chi connectivity index (χ1) is 39.3. The van der Waals surface area contributed by atoms with Crippen LogP contribution in [0.15, 0.2) is 46.0 Å². The third kappa shape index (κ3) is 17.0. The number of hydrogen-bond donors (Lipinski definition) is 6. The normalized spacial score (nSPS) is 17.0. The number of anilines is 2. The van der Waals surface area contributed by atoms with Gasteiger partial charge in [-0.2, -0.15) is 0 Å². The Morgan fingerprint density at radius 1 is 0.622 bits per heavy atom. The van der Waals surface area contributed by atoms with E-state index in [2.05, 4.69) is 118 Å². The lowest BCUT2D eigenvalue weighted by atomic mass is 9.95. The number of likely N-dealkylation sites (tertiary alicyclic amines) is 1. The third-order valence-electron chi connectivity index (χ3n) is 16.8. The maximum Gasteiger partial charge on any atom is 0.253 e. The Balaban J connectivity index is 0.000000237. The van der Waals surface area contributed by atoms with E-state index in [0.29, 0.717) is 46.8 Å². The van der Waals surface area contributed by atoms with Crippen LogP contribution in [0.1, 0.15) is 188 Å². The number of piperidine rings is 2. The Bertz CT molecular complexity index is 3060. The highest BCUT2D eigenvalue weighted by Gasteiger charge is 2.28. The van der Waals surface area contributed by atoms with Crippen molar-refractivity contribution >= 4 is 23.2 Å². The number of ether oxygens (including phenoxy) is 2. The lowest BCUT2D eigenvalue weighted by Crippen LogP contribution is -2.40. The molecule has 444 valence electrons. The molecule has 0 aliphatic carbocycles. The monoisotopic (exact) mass is 1120 g/mol. The SMILES string of the molecule is CCN(c1cc(C#CC2CCN(C[C@@H](C)O)CC2)cc(C(=O)NCc2c(C(C)C)cc(C)[nH]c2=O)c1C)C1CCOCC1.CCN(c1cc(C#CC2CCNCC2)cc(C(=O)NCc2c(C(C)C)cc(C)[nH]c2=O)c1C)C1CCOCC1. The minimum atomic E-state index is -0.322. The van der Waals surface area contributed by atoms with Crippen LogP contribution >= 0.6 is 0 Å².